The number of ether oxygens (including phenoxy) is 2. The fourth-order valence-electron chi connectivity index (χ4n) is 1.58. The lowest BCUT2D eigenvalue weighted by atomic mass is 10.1. The van der Waals surface area contributed by atoms with Gasteiger partial charge in [0.15, 0.2) is 0 Å². The van der Waals surface area contributed by atoms with Crippen molar-refractivity contribution in [3.05, 3.63) is 35.9 Å². The van der Waals surface area contributed by atoms with Crippen molar-refractivity contribution in [2.75, 3.05) is 0 Å². The second kappa shape index (κ2) is 7.78. The van der Waals surface area contributed by atoms with E-state index in [1.165, 1.54) is 0 Å². The Morgan fingerprint density at radius 2 is 1.81 bits per heavy atom. The monoisotopic (exact) mass is 293 g/mol. The highest BCUT2D eigenvalue weighted by molar-refractivity contribution is 5.77. The molecule has 0 saturated heterocycles. The van der Waals surface area contributed by atoms with Gasteiger partial charge in [0, 0.05) is 6.42 Å². The van der Waals surface area contributed by atoms with Gasteiger partial charge in [-0.05, 0) is 32.8 Å². The summed E-state index contributed by atoms with van der Waals surface area (Å²) >= 11 is 0. The number of rotatable bonds is 6. The first-order valence-electron chi connectivity index (χ1n) is 6.96. The quantitative estimate of drug-likeness (QED) is 0.813. The van der Waals surface area contributed by atoms with Gasteiger partial charge in [0.1, 0.15) is 18.2 Å². The van der Waals surface area contributed by atoms with Gasteiger partial charge in [-0.15, -0.1) is 0 Å². The van der Waals surface area contributed by atoms with Gasteiger partial charge >= 0.3 is 11.9 Å². The minimum Gasteiger partial charge on any atom is -0.461 e. The van der Waals surface area contributed by atoms with Gasteiger partial charge in [0.05, 0.1) is 0 Å². The van der Waals surface area contributed by atoms with Crippen LogP contribution in [-0.2, 0) is 25.7 Å². The SMILES string of the molecule is CC(C)(C)OC(=O)[C@@H](N)CCC(=O)OCc1ccccc1. The van der Waals surface area contributed by atoms with Gasteiger partial charge in [0.2, 0.25) is 0 Å². The lowest BCUT2D eigenvalue weighted by molar-refractivity contribution is -0.156. The van der Waals surface area contributed by atoms with Crippen LogP contribution in [-0.4, -0.2) is 23.6 Å². The lowest BCUT2D eigenvalue weighted by Crippen LogP contribution is -2.37. The Bertz CT molecular complexity index is 465. The summed E-state index contributed by atoms with van der Waals surface area (Å²) in [6, 6.07) is 8.59. The van der Waals surface area contributed by atoms with Crippen LogP contribution in [0.4, 0.5) is 0 Å². The van der Waals surface area contributed by atoms with Gasteiger partial charge in [-0.25, -0.2) is 0 Å². The Labute approximate surface area is 125 Å². The molecule has 0 spiro atoms. The van der Waals surface area contributed by atoms with E-state index in [9.17, 15) is 9.59 Å². The summed E-state index contributed by atoms with van der Waals surface area (Å²) < 4.78 is 10.3. The molecule has 5 heteroatoms. The normalized spacial score (nSPS) is 12.6. The number of esters is 2. The molecule has 0 aromatic heterocycles. The third-order valence-electron chi connectivity index (χ3n) is 2.61. The van der Waals surface area contributed by atoms with Crippen molar-refractivity contribution in [1.29, 1.82) is 0 Å². The molecule has 1 aromatic rings. The van der Waals surface area contributed by atoms with Crippen molar-refractivity contribution >= 4 is 11.9 Å². The second-order valence-electron chi connectivity index (χ2n) is 5.82. The first-order valence-corrected chi connectivity index (χ1v) is 6.96. The molecule has 21 heavy (non-hydrogen) atoms. The van der Waals surface area contributed by atoms with Crippen LogP contribution >= 0.6 is 0 Å². The molecule has 0 radical (unpaired) electrons. The fraction of sp³-hybridized carbons (Fsp3) is 0.500. The summed E-state index contributed by atoms with van der Waals surface area (Å²) in [6.45, 7) is 5.53. The molecular formula is C16H23NO4. The van der Waals surface area contributed by atoms with Crippen LogP contribution in [0.2, 0.25) is 0 Å². The van der Waals surface area contributed by atoms with Crippen molar-refractivity contribution < 1.29 is 19.1 Å². The molecule has 1 aromatic carbocycles. The zero-order chi connectivity index (χ0) is 15.9. The molecule has 0 aliphatic carbocycles. The van der Waals surface area contributed by atoms with E-state index in [2.05, 4.69) is 0 Å². The molecule has 0 bridgehead atoms. The maximum absolute atomic E-state index is 11.7. The van der Waals surface area contributed by atoms with Crippen molar-refractivity contribution in [2.45, 2.75) is 51.9 Å². The van der Waals surface area contributed by atoms with Crippen molar-refractivity contribution in [1.82, 2.24) is 0 Å². The number of nitrogens with two attached hydrogens (primary N) is 1. The van der Waals surface area contributed by atoms with Gasteiger partial charge in [-0.1, -0.05) is 30.3 Å². The Kier molecular flexibility index (Phi) is 6.37. The van der Waals surface area contributed by atoms with Crippen LogP contribution in [0.5, 0.6) is 0 Å². The fourth-order valence-corrected chi connectivity index (χ4v) is 1.58. The number of benzene rings is 1. The zero-order valence-corrected chi connectivity index (χ0v) is 12.8. The highest BCUT2D eigenvalue weighted by Crippen LogP contribution is 2.10. The van der Waals surface area contributed by atoms with Gasteiger partial charge < -0.3 is 15.2 Å². The maximum Gasteiger partial charge on any atom is 0.323 e. The van der Waals surface area contributed by atoms with E-state index in [4.69, 9.17) is 15.2 Å². The van der Waals surface area contributed by atoms with Crippen molar-refractivity contribution in [3.63, 3.8) is 0 Å². The Balaban J connectivity index is 2.28. The van der Waals surface area contributed by atoms with Gasteiger partial charge in [-0.3, -0.25) is 9.59 Å². The zero-order valence-electron chi connectivity index (χ0n) is 12.8. The predicted molar refractivity (Wildman–Crippen MR) is 79.3 cm³/mol. The largest absolute Gasteiger partial charge is 0.461 e. The van der Waals surface area contributed by atoms with Crippen LogP contribution < -0.4 is 5.73 Å². The van der Waals surface area contributed by atoms with E-state index in [1.54, 1.807) is 20.8 Å². The van der Waals surface area contributed by atoms with E-state index in [1.807, 2.05) is 30.3 Å². The molecule has 0 heterocycles. The molecule has 0 saturated carbocycles. The molecule has 1 atom stereocenters. The Morgan fingerprint density at radius 1 is 1.19 bits per heavy atom. The van der Waals surface area contributed by atoms with Gasteiger partial charge in [0.25, 0.3) is 0 Å². The molecule has 0 fully saturated rings. The van der Waals surface area contributed by atoms with Crippen molar-refractivity contribution in [2.24, 2.45) is 5.73 Å². The van der Waals surface area contributed by atoms with Crippen LogP contribution in [0.25, 0.3) is 0 Å². The topological polar surface area (TPSA) is 78.6 Å². The van der Waals surface area contributed by atoms with Gasteiger partial charge in [-0.2, -0.15) is 0 Å². The third kappa shape index (κ3) is 7.46. The molecular weight excluding hydrogens is 270 g/mol. The smallest absolute Gasteiger partial charge is 0.323 e. The minimum absolute atomic E-state index is 0.0905. The number of carbonyl (C=O) groups is 2. The first-order chi connectivity index (χ1) is 9.78. The summed E-state index contributed by atoms with van der Waals surface area (Å²) in [5.74, 6) is -0.878. The summed E-state index contributed by atoms with van der Waals surface area (Å²) in [5, 5.41) is 0. The molecule has 0 amide bonds. The predicted octanol–water partition coefficient (Wildman–Crippen LogP) is 2.18. The molecule has 0 aliphatic heterocycles. The molecule has 5 nitrogen and oxygen atoms in total. The second-order valence-corrected chi connectivity index (χ2v) is 5.82. The average Bonchev–Trinajstić information content (AvgIpc) is 2.41. The third-order valence-corrected chi connectivity index (χ3v) is 2.61. The Hall–Kier alpha value is -1.88. The number of hydrogen-bond acceptors (Lipinski definition) is 5. The minimum atomic E-state index is -0.812. The summed E-state index contributed by atoms with van der Waals surface area (Å²) in [4.78, 5) is 23.2. The molecule has 0 unspecified atom stereocenters. The van der Waals surface area contributed by atoms with E-state index in [0.717, 1.165) is 5.56 Å². The summed E-state index contributed by atoms with van der Waals surface area (Å²) in [6.07, 6.45) is 0.301. The standard InChI is InChI=1S/C16H23NO4/c1-16(2,3)21-15(19)13(17)9-10-14(18)20-11-12-7-5-4-6-8-12/h4-8,13H,9-11,17H2,1-3H3/t13-/m0/s1. The highest BCUT2D eigenvalue weighted by Gasteiger charge is 2.22. The van der Waals surface area contributed by atoms with Crippen LogP contribution in [0.1, 0.15) is 39.2 Å². The summed E-state index contributed by atoms with van der Waals surface area (Å²) in [7, 11) is 0. The highest BCUT2D eigenvalue weighted by atomic mass is 16.6. The van der Waals surface area contributed by atoms with E-state index in [-0.39, 0.29) is 25.4 Å². The lowest BCUT2D eigenvalue weighted by Gasteiger charge is -2.22. The van der Waals surface area contributed by atoms with Crippen LogP contribution in [0.15, 0.2) is 30.3 Å². The molecule has 116 valence electrons. The van der Waals surface area contributed by atoms with Crippen LogP contribution in [0.3, 0.4) is 0 Å². The van der Waals surface area contributed by atoms with E-state index >= 15 is 0 Å². The molecule has 1 rings (SSSR count). The van der Waals surface area contributed by atoms with E-state index < -0.39 is 17.6 Å². The maximum atomic E-state index is 11.7. The first kappa shape index (κ1) is 17.2. The molecule has 2 N–H and O–H groups in total. The summed E-state index contributed by atoms with van der Waals surface area (Å²) in [5.41, 5.74) is 6.04. The van der Waals surface area contributed by atoms with Crippen LogP contribution in [0, 0.1) is 0 Å². The van der Waals surface area contributed by atoms with E-state index in [0.29, 0.717) is 0 Å². The Morgan fingerprint density at radius 3 is 2.38 bits per heavy atom. The number of carbonyl (C=O) groups excluding carboxylic acids is 2. The van der Waals surface area contributed by atoms with Crippen molar-refractivity contribution in [3.8, 4) is 0 Å². The molecule has 0 aliphatic rings. The number of hydrogen-bond donors (Lipinski definition) is 1. The average molecular weight is 293 g/mol.